The largest absolute Gasteiger partial charge is 0.478 e. The van der Waals surface area contributed by atoms with Crippen LogP contribution in [0.15, 0.2) is 61.3 Å². The molecule has 0 atom stereocenters. The second-order valence-electron chi connectivity index (χ2n) is 11.0. The first-order chi connectivity index (χ1) is 18.9. The number of fused-ring (bicyclic) bond motifs is 5. The van der Waals surface area contributed by atoms with Crippen LogP contribution in [0.5, 0.6) is 0 Å². The minimum Gasteiger partial charge on any atom is -0.478 e. The number of nitrogens with zero attached hydrogens (tertiary/aromatic N) is 2. The molecule has 4 aromatic rings. The molecule has 0 amide bonds. The Morgan fingerprint density at radius 2 is 1.92 bits per heavy atom. The van der Waals surface area contributed by atoms with Crippen molar-refractivity contribution in [3.05, 3.63) is 94.8 Å². The van der Waals surface area contributed by atoms with Gasteiger partial charge in [0, 0.05) is 41.3 Å². The molecule has 5 nitrogen and oxygen atoms in total. The van der Waals surface area contributed by atoms with Gasteiger partial charge in [0.1, 0.15) is 0 Å². The van der Waals surface area contributed by atoms with E-state index >= 15 is 0 Å². The molecule has 198 valence electrons. The van der Waals surface area contributed by atoms with E-state index in [1.54, 1.807) is 6.07 Å². The summed E-state index contributed by atoms with van der Waals surface area (Å²) in [7, 11) is 0. The van der Waals surface area contributed by atoms with Crippen LogP contribution in [-0.2, 0) is 6.54 Å². The Kier molecular flexibility index (Phi) is 6.59. The average Bonchev–Trinajstić information content (AvgIpc) is 3.13. The number of carbonyl (C=O) groups is 1. The fourth-order valence-corrected chi connectivity index (χ4v) is 6.44. The molecule has 1 aliphatic carbocycles. The van der Waals surface area contributed by atoms with Gasteiger partial charge < -0.3 is 15.0 Å². The molecule has 1 saturated carbocycles. The average molecular weight is 518 g/mol. The van der Waals surface area contributed by atoms with Gasteiger partial charge in [-0.25, -0.2) is 4.79 Å². The van der Waals surface area contributed by atoms with E-state index in [9.17, 15) is 9.90 Å². The number of pyridine rings is 1. The van der Waals surface area contributed by atoms with Crippen LogP contribution in [0.25, 0.3) is 33.8 Å². The van der Waals surface area contributed by atoms with Crippen molar-refractivity contribution < 1.29 is 9.90 Å². The maximum atomic E-state index is 11.9. The number of allylic oxidation sites excluding steroid dienone is 2. The molecule has 3 heterocycles. The summed E-state index contributed by atoms with van der Waals surface area (Å²) >= 11 is 0. The summed E-state index contributed by atoms with van der Waals surface area (Å²) in [5.74, 6) is -0.406. The first-order valence-corrected chi connectivity index (χ1v) is 14.0. The monoisotopic (exact) mass is 517 g/mol. The summed E-state index contributed by atoms with van der Waals surface area (Å²) < 4.78 is 2.36. The standard InChI is InChI=1S/C34H35N3O2/c1-21-15-16-35-29(19-21)23(3)10-12-26-22(2)9-13-28-32(26)36-17-18-37-30-20-25(34(38)39)11-14-27(30)31(33(28)37)24-7-5-4-6-8-24/h9-16,19-20,24,36H,3-8,17-18H2,1-2H3,(H,38,39)/b12-10-. The van der Waals surface area contributed by atoms with Gasteiger partial charge >= 0.3 is 5.97 Å². The van der Waals surface area contributed by atoms with E-state index in [0.717, 1.165) is 46.7 Å². The fourth-order valence-electron chi connectivity index (χ4n) is 6.44. The summed E-state index contributed by atoms with van der Waals surface area (Å²) in [6, 6.07) is 14.2. The van der Waals surface area contributed by atoms with Crippen molar-refractivity contribution in [2.45, 2.75) is 58.4 Å². The predicted octanol–water partition coefficient (Wildman–Crippen LogP) is 8.22. The van der Waals surface area contributed by atoms with Crippen molar-refractivity contribution in [2.75, 3.05) is 11.9 Å². The molecule has 2 aromatic heterocycles. The van der Waals surface area contributed by atoms with E-state index in [0.29, 0.717) is 11.5 Å². The zero-order valence-corrected chi connectivity index (χ0v) is 22.8. The molecule has 0 unspecified atom stereocenters. The smallest absolute Gasteiger partial charge is 0.335 e. The number of aromatic carboxylic acids is 1. The Hall–Kier alpha value is -4.12. The van der Waals surface area contributed by atoms with E-state index in [1.165, 1.54) is 59.9 Å². The third-order valence-corrected chi connectivity index (χ3v) is 8.42. The Bertz CT molecular complexity index is 1640. The first-order valence-electron chi connectivity index (χ1n) is 14.0. The van der Waals surface area contributed by atoms with Crippen molar-refractivity contribution in [3.63, 3.8) is 0 Å². The number of hydrogen-bond acceptors (Lipinski definition) is 3. The van der Waals surface area contributed by atoms with Crippen molar-refractivity contribution in [1.29, 1.82) is 0 Å². The normalized spacial score (nSPS) is 15.5. The van der Waals surface area contributed by atoms with E-state index in [-0.39, 0.29) is 0 Å². The topological polar surface area (TPSA) is 67.2 Å². The van der Waals surface area contributed by atoms with Crippen molar-refractivity contribution in [3.8, 4) is 11.3 Å². The van der Waals surface area contributed by atoms with Crippen molar-refractivity contribution >= 4 is 34.2 Å². The summed E-state index contributed by atoms with van der Waals surface area (Å²) in [6.07, 6.45) is 12.2. The molecule has 2 N–H and O–H groups in total. The van der Waals surface area contributed by atoms with Crippen LogP contribution in [0.2, 0.25) is 0 Å². The van der Waals surface area contributed by atoms with Gasteiger partial charge in [-0.2, -0.15) is 0 Å². The molecular weight excluding hydrogens is 482 g/mol. The zero-order chi connectivity index (χ0) is 27.1. The minimum atomic E-state index is -0.884. The molecular formula is C34H35N3O2. The van der Waals surface area contributed by atoms with Gasteiger partial charge in [0.15, 0.2) is 0 Å². The Morgan fingerprint density at radius 3 is 2.69 bits per heavy atom. The van der Waals surface area contributed by atoms with Crippen LogP contribution >= 0.6 is 0 Å². The summed E-state index contributed by atoms with van der Waals surface area (Å²) in [4.78, 5) is 16.4. The molecule has 39 heavy (non-hydrogen) atoms. The SMILES string of the molecule is C=C(/C=C\c1c(C)ccc2c1NCCn1c-2c(C2CCCCC2)c2ccc(C(=O)O)cc21)c1cc(C)ccn1. The van der Waals surface area contributed by atoms with Crippen LogP contribution in [0.4, 0.5) is 5.69 Å². The summed E-state index contributed by atoms with van der Waals surface area (Å²) in [5, 5.41) is 14.7. The van der Waals surface area contributed by atoms with Crippen molar-refractivity contribution in [2.24, 2.45) is 0 Å². The number of nitrogens with one attached hydrogen (secondary N) is 1. The number of carboxylic acid groups (broad SMARTS) is 1. The Balaban J connectivity index is 1.53. The second-order valence-corrected chi connectivity index (χ2v) is 11.0. The van der Waals surface area contributed by atoms with E-state index in [4.69, 9.17) is 0 Å². The molecule has 0 bridgehead atoms. The fraction of sp³-hybridized carbons (Fsp3) is 0.294. The van der Waals surface area contributed by atoms with E-state index < -0.39 is 5.97 Å². The molecule has 1 fully saturated rings. The molecule has 1 aliphatic heterocycles. The van der Waals surface area contributed by atoms with Crippen LogP contribution in [0, 0.1) is 13.8 Å². The lowest BCUT2D eigenvalue weighted by atomic mass is 9.81. The number of carboxylic acids is 1. The number of anilines is 1. The highest BCUT2D eigenvalue weighted by atomic mass is 16.4. The van der Waals surface area contributed by atoms with Crippen LogP contribution in [0.3, 0.4) is 0 Å². The molecule has 5 heteroatoms. The quantitative estimate of drug-likeness (QED) is 0.262. The summed E-state index contributed by atoms with van der Waals surface area (Å²) in [5.41, 5.74) is 11.6. The molecule has 2 aromatic carbocycles. The van der Waals surface area contributed by atoms with Gasteiger partial charge in [-0.1, -0.05) is 56.2 Å². The maximum Gasteiger partial charge on any atom is 0.335 e. The molecule has 0 saturated heterocycles. The third-order valence-electron chi connectivity index (χ3n) is 8.42. The lowest BCUT2D eigenvalue weighted by Gasteiger charge is -2.24. The maximum absolute atomic E-state index is 11.9. The highest BCUT2D eigenvalue weighted by molar-refractivity contribution is 6.00. The van der Waals surface area contributed by atoms with Gasteiger partial charge in [0.25, 0.3) is 0 Å². The van der Waals surface area contributed by atoms with Gasteiger partial charge in [0.2, 0.25) is 0 Å². The van der Waals surface area contributed by atoms with E-state index in [1.807, 2.05) is 24.4 Å². The molecule has 0 spiro atoms. The van der Waals surface area contributed by atoms with Gasteiger partial charge in [-0.05, 0) is 79.1 Å². The highest BCUT2D eigenvalue weighted by Gasteiger charge is 2.29. The van der Waals surface area contributed by atoms with Gasteiger partial charge in [0.05, 0.1) is 22.6 Å². The van der Waals surface area contributed by atoms with Crippen LogP contribution in [0.1, 0.15) is 76.3 Å². The zero-order valence-electron chi connectivity index (χ0n) is 22.8. The number of hydrogen-bond donors (Lipinski definition) is 2. The third kappa shape index (κ3) is 4.56. The van der Waals surface area contributed by atoms with E-state index in [2.05, 4.69) is 65.6 Å². The van der Waals surface area contributed by atoms with Crippen LogP contribution < -0.4 is 5.32 Å². The highest BCUT2D eigenvalue weighted by Crippen LogP contribution is 2.47. The molecule has 0 radical (unpaired) electrons. The summed E-state index contributed by atoms with van der Waals surface area (Å²) in [6.45, 7) is 10.0. The number of benzene rings is 2. The Labute approximate surface area is 229 Å². The Morgan fingerprint density at radius 1 is 1.10 bits per heavy atom. The van der Waals surface area contributed by atoms with Gasteiger partial charge in [-0.15, -0.1) is 0 Å². The number of rotatable bonds is 5. The van der Waals surface area contributed by atoms with Crippen LogP contribution in [-0.4, -0.2) is 27.2 Å². The van der Waals surface area contributed by atoms with Crippen molar-refractivity contribution in [1.82, 2.24) is 9.55 Å². The minimum absolute atomic E-state index is 0.339. The van der Waals surface area contributed by atoms with Gasteiger partial charge in [-0.3, -0.25) is 4.98 Å². The number of aryl methyl sites for hydroxylation is 2. The lowest BCUT2D eigenvalue weighted by Crippen LogP contribution is -2.08. The molecule has 6 rings (SSSR count). The predicted molar refractivity (Wildman–Crippen MR) is 160 cm³/mol. The number of aromatic nitrogens is 2. The lowest BCUT2D eigenvalue weighted by molar-refractivity contribution is 0.0697. The first kappa shape index (κ1) is 25.2. The second kappa shape index (κ2) is 10.2. The molecule has 2 aliphatic rings.